The largest absolute Gasteiger partial charge is 0.478 e. The smallest absolute Gasteiger partial charge is 0.338 e. The van der Waals surface area contributed by atoms with Crippen molar-refractivity contribution in [1.29, 1.82) is 0 Å². The topological polar surface area (TPSA) is 127 Å². The van der Waals surface area contributed by atoms with Gasteiger partial charge < -0.3 is 14.6 Å². The van der Waals surface area contributed by atoms with Crippen molar-refractivity contribution in [2.75, 3.05) is 0 Å². The summed E-state index contributed by atoms with van der Waals surface area (Å²) in [6, 6.07) is 29.5. The third kappa shape index (κ3) is 7.07. The first-order valence-electron chi connectivity index (χ1n) is 14.0. The second kappa shape index (κ2) is 13.6. The molecule has 0 aromatic heterocycles. The van der Waals surface area contributed by atoms with Gasteiger partial charge in [0.05, 0.1) is 23.5 Å². The maximum atomic E-state index is 13.4. The molecular formula is C35H29NO8. The zero-order chi connectivity index (χ0) is 31.1. The molecule has 1 fully saturated rings. The number of hydrogen-bond acceptors (Lipinski definition) is 7. The van der Waals surface area contributed by atoms with Crippen LogP contribution in [0.25, 0.3) is 0 Å². The normalized spacial score (nSPS) is 15.6. The monoisotopic (exact) mass is 591 g/mol. The van der Waals surface area contributed by atoms with Crippen molar-refractivity contribution in [2.45, 2.75) is 32.1 Å². The van der Waals surface area contributed by atoms with Gasteiger partial charge in [-0.15, -0.1) is 0 Å². The number of likely N-dealkylation sites (tertiary alicyclic amines) is 1. The Morgan fingerprint density at radius 1 is 0.659 bits per heavy atom. The second-order valence-electron chi connectivity index (χ2n) is 10.4. The highest BCUT2D eigenvalue weighted by Crippen LogP contribution is 2.32. The standard InChI is InChI=1S/C35H29NO8/c37-30(20-26-12-7-13-28(18-26)34(41)43-21-24-10-5-2-6-11-24)36-31(29(32(36)38)19-23-8-3-1-4-9-23)35(42)44-22-25-14-16-27(17-15-25)33(39)40/h1-18,29,31H,19-22H2,(H,39,40)/t29-,31-/m1/s1. The predicted molar refractivity (Wildman–Crippen MR) is 158 cm³/mol. The fraction of sp³-hybridized carbons (Fsp3) is 0.171. The van der Waals surface area contributed by atoms with Gasteiger partial charge in [0.2, 0.25) is 11.8 Å². The molecular weight excluding hydrogens is 562 g/mol. The van der Waals surface area contributed by atoms with E-state index < -0.39 is 41.7 Å². The van der Waals surface area contributed by atoms with Crippen molar-refractivity contribution in [3.05, 3.63) is 143 Å². The molecule has 1 aliphatic heterocycles. The molecule has 4 aromatic rings. The van der Waals surface area contributed by atoms with Crippen molar-refractivity contribution in [3.63, 3.8) is 0 Å². The van der Waals surface area contributed by atoms with E-state index in [0.29, 0.717) is 11.1 Å². The van der Waals surface area contributed by atoms with Crippen molar-refractivity contribution in [3.8, 4) is 0 Å². The third-order valence-electron chi connectivity index (χ3n) is 7.34. The highest BCUT2D eigenvalue weighted by Gasteiger charge is 2.54. The number of carboxylic acids is 1. The van der Waals surface area contributed by atoms with Crippen LogP contribution in [0, 0.1) is 5.92 Å². The van der Waals surface area contributed by atoms with Gasteiger partial charge in [0.15, 0.2) is 0 Å². The molecule has 0 aliphatic carbocycles. The Balaban J connectivity index is 1.27. The summed E-state index contributed by atoms with van der Waals surface area (Å²) in [5.41, 5.74) is 3.06. The van der Waals surface area contributed by atoms with Crippen LogP contribution >= 0.6 is 0 Å². The van der Waals surface area contributed by atoms with E-state index in [9.17, 15) is 24.0 Å². The summed E-state index contributed by atoms with van der Waals surface area (Å²) in [5.74, 6) is -4.23. The molecule has 44 heavy (non-hydrogen) atoms. The quantitative estimate of drug-likeness (QED) is 0.198. The van der Waals surface area contributed by atoms with E-state index in [1.165, 1.54) is 30.3 Å². The SMILES string of the molecule is O=C(O)c1ccc(COC(=O)[C@H]2[C@@H](Cc3ccccc3)C(=O)N2C(=O)Cc2cccc(C(=O)OCc3ccccc3)c2)cc1. The van der Waals surface area contributed by atoms with Gasteiger partial charge in [0, 0.05) is 0 Å². The molecule has 2 amide bonds. The minimum Gasteiger partial charge on any atom is -0.478 e. The van der Waals surface area contributed by atoms with Crippen LogP contribution in [0.1, 0.15) is 43.0 Å². The first-order valence-corrected chi connectivity index (χ1v) is 14.0. The molecule has 222 valence electrons. The molecule has 1 heterocycles. The van der Waals surface area contributed by atoms with Crippen LogP contribution in [0.3, 0.4) is 0 Å². The fourth-order valence-corrected chi connectivity index (χ4v) is 5.02. The molecule has 9 nitrogen and oxygen atoms in total. The van der Waals surface area contributed by atoms with E-state index in [0.717, 1.165) is 16.0 Å². The number of carbonyl (C=O) groups excluding carboxylic acids is 4. The number of benzene rings is 4. The summed E-state index contributed by atoms with van der Waals surface area (Å²) in [7, 11) is 0. The fourth-order valence-electron chi connectivity index (χ4n) is 5.02. The highest BCUT2D eigenvalue weighted by atomic mass is 16.5. The number of rotatable bonds is 11. The first kappa shape index (κ1) is 29.9. The predicted octanol–water partition coefficient (Wildman–Crippen LogP) is 4.62. The van der Waals surface area contributed by atoms with Crippen LogP contribution in [0.4, 0.5) is 0 Å². The van der Waals surface area contributed by atoms with Crippen molar-refractivity contribution < 1.29 is 38.6 Å². The Morgan fingerprint density at radius 2 is 1.25 bits per heavy atom. The lowest BCUT2D eigenvalue weighted by atomic mass is 9.81. The van der Waals surface area contributed by atoms with E-state index in [-0.39, 0.29) is 37.2 Å². The number of nitrogens with zero attached hydrogens (tertiary/aromatic N) is 1. The van der Waals surface area contributed by atoms with E-state index in [2.05, 4.69) is 0 Å². The number of esters is 2. The Morgan fingerprint density at radius 3 is 1.91 bits per heavy atom. The Labute approximate surface area is 253 Å². The van der Waals surface area contributed by atoms with Gasteiger partial charge in [0.1, 0.15) is 19.3 Å². The molecule has 0 unspecified atom stereocenters. The third-order valence-corrected chi connectivity index (χ3v) is 7.34. The summed E-state index contributed by atoms with van der Waals surface area (Å²) in [6.45, 7) is -0.0575. The average Bonchev–Trinajstić information content (AvgIpc) is 3.04. The van der Waals surface area contributed by atoms with Gasteiger partial charge in [-0.3, -0.25) is 14.5 Å². The number of β-lactam (4-membered cyclic amide) rings is 1. The summed E-state index contributed by atoms with van der Waals surface area (Å²) < 4.78 is 10.9. The van der Waals surface area contributed by atoms with Crippen molar-refractivity contribution in [1.82, 2.24) is 4.90 Å². The molecule has 4 aromatic carbocycles. The van der Waals surface area contributed by atoms with Crippen molar-refractivity contribution >= 4 is 29.7 Å². The maximum Gasteiger partial charge on any atom is 0.338 e. The molecule has 0 radical (unpaired) electrons. The molecule has 1 N–H and O–H groups in total. The molecule has 0 spiro atoms. The Hall–Kier alpha value is -5.57. The molecule has 0 bridgehead atoms. The molecule has 2 atom stereocenters. The van der Waals surface area contributed by atoms with E-state index in [1.54, 1.807) is 18.2 Å². The summed E-state index contributed by atoms with van der Waals surface area (Å²) in [5, 5.41) is 9.10. The summed E-state index contributed by atoms with van der Waals surface area (Å²) >= 11 is 0. The number of imide groups is 1. The van der Waals surface area contributed by atoms with Gasteiger partial charge in [-0.25, -0.2) is 14.4 Å². The average molecular weight is 592 g/mol. The number of amides is 2. The van der Waals surface area contributed by atoms with Crippen LogP contribution in [0.15, 0.2) is 109 Å². The van der Waals surface area contributed by atoms with Crippen LogP contribution in [0.5, 0.6) is 0 Å². The van der Waals surface area contributed by atoms with Gasteiger partial charge in [-0.05, 0) is 52.9 Å². The van der Waals surface area contributed by atoms with Gasteiger partial charge in [-0.1, -0.05) is 84.9 Å². The number of carboxylic acid groups (broad SMARTS) is 1. The van der Waals surface area contributed by atoms with Gasteiger partial charge in [0.25, 0.3) is 0 Å². The van der Waals surface area contributed by atoms with Crippen LogP contribution < -0.4 is 0 Å². The maximum absolute atomic E-state index is 13.4. The minimum absolute atomic E-state index is 0.0953. The number of ether oxygens (including phenoxy) is 2. The number of hydrogen-bond donors (Lipinski definition) is 1. The first-order chi connectivity index (χ1) is 21.3. The Kier molecular flexibility index (Phi) is 9.25. The molecule has 9 heteroatoms. The lowest BCUT2D eigenvalue weighted by Gasteiger charge is -2.44. The highest BCUT2D eigenvalue weighted by molar-refractivity contribution is 6.09. The summed E-state index contributed by atoms with van der Waals surface area (Å²) in [4.78, 5) is 64.7. The summed E-state index contributed by atoms with van der Waals surface area (Å²) in [6.07, 6.45) is 0.0311. The minimum atomic E-state index is -1.13. The lowest BCUT2D eigenvalue weighted by molar-refractivity contribution is -0.180. The van der Waals surface area contributed by atoms with Gasteiger partial charge >= 0.3 is 17.9 Å². The number of aromatic carboxylic acids is 1. The van der Waals surface area contributed by atoms with E-state index in [1.807, 2.05) is 60.7 Å². The van der Waals surface area contributed by atoms with Crippen LogP contribution in [-0.2, 0) is 49.9 Å². The van der Waals surface area contributed by atoms with Gasteiger partial charge in [-0.2, -0.15) is 0 Å². The Bertz CT molecular complexity index is 1670. The molecule has 5 rings (SSSR count). The van der Waals surface area contributed by atoms with E-state index in [4.69, 9.17) is 14.6 Å². The van der Waals surface area contributed by atoms with Crippen LogP contribution in [-0.4, -0.2) is 45.8 Å². The number of carbonyl (C=O) groups is 5. The molecule has 0 saturated carbocycles. The van der Waals surface area contributed by atoms with Crippen LogP contribution in [0.2, 0.25) is 0 Å². The van der Waals surface area contributed by atoms with Crippen molar-refractivity contribution in [2.24, 2.45) is 5.92 Å². The zero-order valence-corrected chi connectivity index (χ0v) is 23.6. The lowest BCUT2D eigenvalue weighted by Crippen LogP contribution is -2.67. The second-order valence-corrected chi connectivity index (χ2v) is 10.4. The zero-order valence-electron chi connectivity index (χ0n) is 23.6. The van der Waals surface area contributed by atoms with E-state index >= 15 is 0 Å². The molecule has 1 aliphatic rings. The molecule has 1 saturated heterocycles.